The number of allylic oxidation sites excluding steroid dienone is 4. The second-order valence-electron chi connectivity index (χ2n) is 2.78. The summed E-state index contributed by atoms with van der Waals surface area (Å²) < 4.78 is 0. The molecule has 0 aromatic heterocycles. The third kappa shape index (κ3) is 1.26. The van der Waals surface area contributed by atoms with Crippen molar-refractivity contribution in [1.29, 1.82) is 0 Å². The molecule has 0 radical (unpaired) electrons. The van der Waals surface area contributed by atoms with E-state index in [-0.39, 0.29) is 10.6 Å². The summed E-state index contributed by atoms with van der Waals surface area (Å²) in [5, 5.41) is 10.6. The molecule has 0 atom stereocenters. The summed E-state index contributed by atoms with van der Waals surface area (Å²) in [4.78, 5) is 12.1. The lowest BCUT2D eigenvalue weighted by Gasteiger charge is -2.24. The summed E-state index contributed by atoms with van der Waals surface area (Å²) in [5.41, 5.74) is 0.821. The third-order valence-corrected chi connectivity index (χ3v) is 1.98. The molecule has 0 aliphatic carbocycles. The third-order valence-electron chi connectivity index (χ3n) is 1.98. The number of hydrogen-bond acceptors (Lipinski definition) is 3. The molecular formula is C9H8N2O2. The molecule has 0 aromatic carbocycles. The quantitative estimate of drug-likeness (QED) is 0.448. The van der Waals surface area contributed by atoms with Gasteiger partial charge in [-0.1, -0.05) is 12.2 Å². The maximum atomic E-state index is 10.6. The summed E-state index contributed by atoms with van der Waals surface area (Å²) in [5.74, 6) is 0. The maximum absolute atomic E-state index is 10.6. The van der Waals surface area contributed by atoms with Crippen LogP contribution in [0.25, 0.3) is 0 Å². The molecule has 0 N–H and O–H groups in total. The Labute approximate surface area is 75.3 Å². The van der Waals surface area contributed by atoms with Crippen molar-refractivity contribution in [2.24, 2.45) is 0 Å². The van der Waals surface area contributed by atoms with Crippen molar-refractivity contribution < 1.29 is 4.92 Å². The predicted molar refractivity (Wildman–Crippen MR) is 48.1 cm³/mol. The molecule has 2 aliphatic heterocycles. The van der Waals surface area contributed by atoms with Crippen LogP contribution in [0.1, 0.15) is 0 Å². The number of rotatable bonds is 1. The van der Waals surface area contributed by atoms with E-state index in [1.165, 1.54) is 6.08 Å². The molecule has 0 fully saturated rings. The van der Waals surface area contributed by atoms with Crippen molar-refractivity contribution in [3.8, 4) is 0 Å². The zero-order valence-electron chi connectivity index (χ0n) is 6.88. The molecular weight excluding hydrogens is 168 g/mol. The second-order valence-corrected chi connectivity index (χ2v) is 2.78. The van der Waals surface area contributed by atoms with Crippen molar-refractivity contribution in [2.45, 2.75) is 0 Å². The van der Waals surface area contributed by atoms with Crippen molar-refractivity contribution in [3.05, 3.63) is 58.1 Å². The highest BCUT2D eigenvalue weighted by atomic mass is 16.6. The minimum atomic E-state index is -0.360. The fraction of sp³-hybridized carbons (Fsp3) is 0.111. The minimum absolute atomic E-state index is 0.159. The second kappa shape index (κ2) is 2.90. The lowest BCUT2D eigenvalue weighted by molar-refractivity contribution is -0.422. The van der Waals surface area contributed by atoms with Gasteiger partial charge in [0.05, 0.1) is 4.92 Å². The summed E-state index contributed by atoms with van der Waals surface area (Å²) in [6.45, 7) is 0.702. The fourth-order valence-corrected chi connectivity index (χ4v) is 1.38. The van der Waals surface area contributed by atoms with Crippen LogP contribution in [0.15, 0.2) is 48.0 Å². The SMILES string of the molecule is O=[N+]([O-])C1=CC=CN2CC=CC=C12. The molecule has 4 nitrogen and oxygen atoms in total. The average molecular weight is 176 g/mol. The lowest BCUT2D eigenvalue weighted by Crippen LogP contribution is -2.24. The Hall–Kier alpha value is -1.84. The van der Waals surface area contributed by atoms with Gasteiger partial charge in [-0.25, -0.2) is 0 Å². The first-order chi connectivity index (χ1) is 6.29. The smallest absolute Gasteiger partial charge is 0.292 e. The first kappa shape index (κ1) is 7.79. The Bertz CT molecular complexity index is 364. The van der Waals surface area contributed by atoms with Crippen LogP contribution in [0.3, 0.4) is 0 Å². The van der Waals surface area contributed by atoms with E-state index in [4.69, 9.17) is 0 Å². The summed E-state index contributed by atoms with van der Waals surface area (Å²) in [6, 6.07) is 0. The van der Waals surface area contributed by atoms with Crippen LogP contribution in [0.5, 0.6) is 0 Å². The van der Waals surface area contributed by atoms with Crippen molar-refractivity contribution in [3.63, 3.8) is 0 Å². The summed E-state index contributed by atoms with van der Waals surface area (Å²) in [6.07, 6.45) is 10.6. The standard InChI is InChI=1S/C9H8N2O2/c12-11(13)9-5-3-7-10-6-2-1-4-8(9)10/h1-5,7H,6H2. The van der Waals surface area contributed by atoms with Gasteiger partial charge in [0.1, 0.15) is 5.70 Å². The van der Waals surface area contributed by atoms with E-state index in [0.29, 0.717) is 12.2 Å². The van der Waals surface area contributed by atoms with E-state index in [9.17, 15) is 10.1 Å². The van der Waals surface area contributed by atoms with Gasteiger partial charge in [-0.2, -0.15) is 0 Å². The lowest BCUT2D eigenvalue weighted by atomic mass is 10.1. The highest BCUT2D eigenvalue weighted by molar-refractivity contribution is 5.37. The van der Waals surface area contributed by atoms with Gasteiger partial charge in [-0.05, 0) is 12.2 Å². The van der Waals surface area contributed by atoms with E-state index in [2.05, 4.69) is 0 Å². The molecule has 0 saturated carbocycles. The van der Waals surface area contributed by atoms with E-state index < -0.39 is 0 Å². The van der Waals surface area contributed by atoms with Crippen molar-refractivity contribution >= 4 is 0 Å². The van der Waals surface area contributed by atoms with Crippen LogP contribution < -0.4 is 0 Å². The first-order valence-electron chi connectivity index (χ1n) is 3.96. The van der Waals surface area contributed by atoms with Crippen LogP contribution in [0, 0.1) is 10.1 Å². The van der Waals surface area contributed by atoms with Gasteiger partial charge in [0.15, 0.2) is 0 Å². The van der Waals surface area contributed by atoms with E-state index in [1.807, 2.05) is 23.3 Å². The molecule has 13 heavy (non-hydrogen) atoms. The van der Waals surface area contributed by atoms with Crippen molar-refractivity contribution in [2.75, 3.05) is 6.54 Å². The molecule has 4 heteroatoms. The van der Waals surface area contributed by atoms with Gasteiger partial charge >= 0.3 is 0 Å². The number of fused-ring (bicyclic) bond motifs is 1. The number of nitrogens with zero attached hydrogens (tertiary/aromatic N) is 2. The monoisotopic (exact) mass is 176 g/mol. The zero-order chi connectivity index (χ0) is 9.26. The molecule has 0 saturated heterocycles. The molecule has 0 amide bonds. The van der Waals surface area contributed by atoms with Crippen LogP contribution >= 0.6 is 0 Å². The van der Waals surface area contributed by atoms with E-state index >= 15 is 0 Å². The van der Waals surface area contributed by atoms with Gasteiger partial charge in [-0.15, -0.1) is 0 Å². The van der Waals surface area contributed by atoms with Gasteiger partial charge < -0.3 is 4.90 Å². The zero-order valence-corrected chi connectivity index (χ0v) is 6.88. The van der Waals surface area contributed by atoms with E-state index in [0.717, 1.165) is 0 Å². The molecule has 2 aliphatic rings. The average Bonchev–Trinajstić information content (AvgIpc) is 2.17. The van der Waals surface area contributed by atoms with Gasteiger partial charge in [0.2, 0.25) is 0 Å². The maximum Gasteiger partial charge on any atom is 0.292 e. The minimum Gasteiger partial charge on any atom is -0.339 e. The van der Waals surface area contributed by atoms with Crippen molar-refractivity contribution in [1.82, 2.24) is 4.90 Å². The van der Waals surface area contributed by atoms with Crippen LogP contribution in [0.4, 0.5) is 0 Å². The summed E-state index contributed by atoms with van der Waals surface area (Å²) in [7, 11) is 0. The molecule has 2 rings (SSSR count). The summed E-state index contributed by atoms with van der Waals surface area (Å²) >= 11 is 0. The molecule has 0 unspecified atom stereocenters. The molecule has 2 heterocycles. The topological polar surface area (TPSA) is 46.4 Å². The highest BCUT2D eigenvalue weighted by Crippen LogP contribution is 2.22. The van der Waals surface area contributed by atoms with E-state index in [1.54, 1.807) is 12.2 Å². The largest absolute Gasteiger partial charge is 0.339 e. The number of nitro groups is 1. The Morgan fingerprint density at radius 2 is 2.23 bits per heavy atom. The Morgan fingerprint density at radius 1 is 1.38 bits per heavy atom. The fourth-order valence-electron chi connectivity index (χ4n) is 1.38. The van der Waals surface area contributed by atoms with Crippen LogP contribution in [-0.4, -0.2) is 16.4 Å². The normalized spacial score (nSPS) is 19.2. The first-order valence-corrected chi connectivity index (χ1v) is 3.96. The molecule has 0 aromatic rings. The molecule has 66 valence electrons. The predicted octanol–water partition coefficient (Wildman–Crippen LogP) is 1.43. The Balaban J connectivity index is 2.42. The van der Waals surface area contributed by atoms with Gasteiger partial charge in [0, 0.05) is 18.8 Å². The molecule has 0 spiro atoms. The number of hydrogen-bond donors (Lipinski definition) is 0. The Kier molecular flexibility index (Phi) is 1.73. The molecule has 0 bridgehead atoms. The van der Waals surface area contributed by atoms with Crippen LogP contribution in [-0.2, 0) is 0 Å². The Morgan fingerprint density at radius 3 is 3.00 bits per heavy atom. The van der Waals surface area contributed by atoms with Gasteiger partial charge in [0.25, 0.3) is 5.70 Å². The van der Waals surface area contributed by atoms with Gasteiger partial charge in [-0.3, -0.25) is 10.1 Å². The highest BCUT2D eigenvalue weighted by Gasteiger charge is 2.23. The van der Waals surface area contributed by atoms with Crippen LogP contribution in [0.2, 0.25) is 0 Å².